The first-order valence-electron chi connectivity index (χ1n) is 4.19. The number of hydrogen-bond acceptors (Lipinski definition) is 2. The van der Waals surface area contributed by atoms with Crippen LogP contribution in [0.5, 0.6) is 0 Å². The summed E-state index contributed by atoms with van der Waals surface area (Å²) in [5.74, 6) is 2.07. The van der Waals surface area contributed by atoms with Crippen molar-refractivity contribution in [2.24, 2.45) is 23.5 Å². The van der Waals surface area contributed by atoms with E-state index in [0.717, 1.165) is 18.3 Å². The molecule has 58 valence electrons. The lowest BCUT2D eigenvalue weighted by atomic mass is 9.72. The van der Waals surface area contributed by atoms with Crippen molar-refractivity contribution < 1.29 is 5.11 Å². The molecule has 0 spiro atoms. The van der Waals surface area contributed by atoms with E-state index in [1.807, 2.05) is 0 Å². The highest BCUT2D eigenvalue weighted by Gasteiger charge is 2.46. The van der Waals surface area contributed by atoms with Crippen LogP contribution in [-0.2, 0) is 0 Å². The van der Waals surface area contributed by atoms with Crippen LogP contribution in [0.15, 0.2) is 0 Å². The molecule has 0 aliphatic heterocycles. The second-order valence-corrected chi connectivity index (χ2v) is 3.75. The van der Waals surface area contributed by atoms with Crippen LogP contribution in [0.25, 0.3) is 0 Å². The van der Waals surface area contributed by atoms with Crippen molar-refractivity contribution in [3.63, 3.8) is 0 Å². The van der Waals surface area contributed by atoms with Gasteiger partial charge < -0.3 is 10.8 Å². The fourth-order valence-electron chi connectivity index (χ4n) is 2.58. The molecular weight excluding hydrogens is 126 g/mol. The van der Waals surface area contributed by atoms with Gasteiger partial charge in [-0.05, 0) is 37.0 Å². The van der Waals surface area contributed by atoms with Crippen molar-refractivity contribution in [1.29, 1.82) is 0 Å². The van der Waals surface area contributed by atoms with Crippen molar-refractivity contribution in [3.05, 3.63) is 0 Å². The molecule has 0 aromatic rings. The van der Waals surface area contributed by atoms with Gasteiger partial charge in [-0.2, -0.15) is 0 Å². The largest absolute Gasteiger partial charge is 0.396 e. The third kappa shape index (κ3) is 0.722. The minimum Gasteiger partial charge on any atom is -0.396 e. The minimum absolute atomic E-state index is 0.356. The first-order valence-corrected chi connectivity index (χ1v) is 4.19. The van der Waals surface area contributed by atoms with Gasteiger partial charge in [-0.25, -0.2) is 0 Å². The zero-order chi connectivity index (χ0) is 7.14. The van der Waals surface area contributed by atoms with Crippen LogP contribution in [-0.4, -0.2) is 17.8 Å². The Morgan fingerprint density at radius 3 is 2.30 bits per heavy atom. The summed E-state index contributed by atoms with van der Waals surface area (Å²) in [5, 5.41) is 8.95. The summed E-state index contributed by atoms with van der Waals surface area (Å²) in [4.78, 5) is 0. The molecule has 1 unspecified atom stereocenters. The topological polar surface area (TPSA) is 46.2 Å². The van der Waals surface area contributed by atoms with E-state index >= 15 is 0 Å². The van der Waals surface area contributed by atoms with Gasteiger partial charge in [0.1, 0.15) is 0 Å². The Morgan fingerprint density at radius 2 is 2.00 bits per heavy atom. The molecular formula is C8H15NO. The Bertz CT molecular complexity index is 135. The van der Waals surface area contributed by atoms with E-state index < -0.39 is 0 Å². The molecule has 2 heteroatoms. The van der Waals surface area contributed by atoms with Gasteiger partial charge in [-0.1, -0.05) is 0 Å². The van der Waals surface area contributed by atoms with Crippen LogP contribution in [0.3, 0.4) is 0 Å². The third-order valence-electron chi connectivity index (χ3n) is 3.35. The number of aliphatic hydroxyl groups is 1. The molecule has 10 heavy (non-hydrogen) atoms. The molecule has 0 amide bonds. The first-order chi connectivity index (χ1) is 4.83. The molecule has 2 aliphatic rings. The van der Waals surface area contributed by atoms with Crippen LogP contribution in [0.2, 0.25) is 0 Å². The summed E-state index contributed by atoms with van der Waals surface area (Å²) in [6, 6.07) is 0.399. The maximum Gasteiger partial charge on any atom is 0.0462 e. The number of rotatable bonds is 1. The van der Waals surface area contributed by atoms with Crippen molar-refractivity contribution in [2.45, 2.75) is 25.3 Å². The highest BCUT2D eigenvalue weighted by atomic mass is 16.3. The number of aliphatic hydroxyl groups excluding tert-OH is 1. The molecule has 0 aromatic carbocycles. The zero-order valence-electron chi connectivity index (χ0n) is 6.16. The summed E-state index contributed by atoms with van der Waals surface area (Å²) < 4.78 is 0. The maximum atomic E-state index is 8.95. The molecule has 4 atom stereocenters. The number of nitrogens with two attached hydrogens (primary N) is 1. The quantitative estimate of drug-likeness (QED) is 0.553. The molecule has 0 heterocycles. The van der Waals surface area contributed by atoms with Crippen LogP contribution < -0.4 is 5.73 Å². The van der Waals surface area contributed by atoms with E-state index in [9.17, 15) is 0 Å². The Morgan fingerprint density at radius 1 is 1.30 bits per heavy atom. The third-order valence-corrected chi connectivity index (χ3v) is 3.35. The molecule has 2 rings (SSSR count). The molecule has 0 saturated heterocycles. The average Bonchev–Trinajstić information content (AvgIpc) is 2.02. The fraction of sp³-hybridized carbons (Fsp3) is 1.00. The Kier molecular flexibility index (Phi) is 1.46. The Balaban J connectivity index is 2.02. The molecule has 2 aliphatic carbocycles. The van der Waals surface area contributed by atoms with E-state index in [1.54, 1.807) is 0 Å². The molecule has 0 bridgehead atoms. The lowest BCUT2D eigenvalue weighted by molar-refractivity contribution is 0.115. The molecule has 2 saturated carbocycles. The molecule has 3 N–H and O–H groups in total. The SMILES string of the molecule is NC1C[C@H](CO)[C@@H]2CC[C@H]12. The van der Waals surface area contributed by atoms with E-state index in [0.29, 0.717) is 18.6 Å². The summed E-state index contributed by atoms with van der Waals surface area (Å²) in [6.45, 7) is 0.356. The van der Waals surface area contributed by atoms with E-state index in [1.165, 1.54) is 12.8 Å². The van der Waals surface area contributed by atoms with Crippen molar-refractivity contribution >= 4 is 0 Å². The monoisotopic (exact) mass is 141 g/mol. The van der Waals surface area contributed by atoms with Gasteiger partial charge in [0.2, 0.25) is 0 Å². The van der Waals surface area contributed by atoms with Gasteiger partial charge in [0.05, 0.1) is 0 Å². The number of fused-ring (bicyclic) bond motifs is 1. The normalized spacial score (nSPS) is 52.2. The molecule has 0 aromatic heterocycles. The van der Waals surface area contributed by atoms with Crippen LogP contribution in [0, 0.1) is 17.8 Å². The van der Waals surface area contributed by atoms with Gasteiger partial charge in [-0.15, -0.1) is 0 Å². The summed E-state index contributed by atoms with van der Waals surface area (Å²) in [7, 11) is 0. The van der Waals surface area contributed by atoms with Crippen LogP contribution >= 0.6 is 0 Å². The van der Waals surface area contributed by atoms with Crippen molar-refractivity contribution in [1.82, 2.24) is 0 Å². The van der Waals surface area contributed by atoms with Crippen molar-refractivity contribution in [3.8, 4) is 0 Å². The maximum absolute atomic E-state index is 8.95. The first kappa shape index (κ1) is 6.62. The molecule has 0 radical (unpaired) electrons. The van der Waals surface area contributed by atoms with Gasteiger partial charge in [0.25, 0.3) is 0 Å². The van der Waals surface area contributed by atoms with E-state index in [4.69, 9.17) is 10.8 Å². The smallest absolute Gasteiger partial charge is 0.0462 e. The van der Waals surface area contributed by atoms with Crippen LogP contribution in [0.4, 0.5) is 0 Å². The fourth-order valence-corrected chi connectivity index (χ4v) is 2.58. The minimum atomic E-state index is 0.356. The average molecular weight is 141 g/mol. The van der Waals surface area contributed by atoms with Gasteiger partial charge >= 0.3 is 0 Å². The van der Waals surface area contributed by atoms with Crippen molar-refractivity contribution in [2.75, 3.05) is 6.61 Å². The Labute approximate surface area is 61.4 Å². The van der Waals surface area contributed by atoms with Gasteiger partial charge in [0.15, 0.2) is 0 Å². The molecule has 2 nitrogen and oxygen atoms in total. The predicted molar refractivity (Wildman–Crippen MR) is 39.4 cm³/mol. The highest BCUT2D eigenvalue weighted by Crippen LogP contribution is 2.49. The highest BCUT2D eigenvalue weighted by molar-refractivity contribution is 4.98. The zero-order valence-corrected chi connectivity index (χ0v) is 6.16. The van der Waals surface area contributed by atoms with Gasteiger partial charge in [-0.3, -0.25) is 0 Å². The van der Waals surface area contributed by atoms with Crippen LogP contribution in [0.1, 0.15) is 19.3 Å². The lowest BCUT2D eigenvalue weighted by Crippen LogP contribution is -2.34. The summed E-state index contributed by atoms with van der Waals surface area (Å²) in [5.41, 5.74) is 5.87. The molecule has 2 fully saturated rings. The second kappa shape index (κ2) is 2.21. The predicted octanol–water partition coefficient (Wildman–Crippen LogP) is 0.352. The summed E-state index contributed by atoms with van der Waals surface area (Å²) in [6.07, 6.45) is 3.68. The van der Waals surface area contributed by atoms with Gasteiger partial charge in [0, 0.05) is 12.6 Å². The number of hydrogen-bond donors (Lipinski definition) is 2. The standard InChI is InChI=1S/C8H15NO/c9-8-3-5(4-10)6-1-2-7(6)8/h5-8,10H,1-4,9H2/t5-,6+,7+,8?/m1/s1. The Hall–Kier alpha value is -0.0800. The second-order valence-electron chi connectivity index (χ2n) is 3.75. The summed E-state index contributed by atoms with van der Waals surface area (Å²) >= 11 is 0. The van der Waals surface area contributed by atoms with E-state index in [-0.39, 0.29) is 0 Å². The van der Waals surface area contributed by atoms with E-state index in [2.05, 4.69) is 0 Å². The lowest BCUT2D eigenvalue weighted by Gasteiger charge is -2.34.